The van der Waals surface area contributed by atoms with Crippen LogP contribution in [0.2, 0.25) is 0 Å². The first-order valence-corrected chi connectivity index (χ1v) is 8.96. The van der Waals surface area contributed by atoms with E-state index in [1.54, 1.807) is 47.7 Å². The third kappa shape index (κ3) is 3.64. The summed E-state index contributed by atoms with van der Waals surface area (Å²) in [4.78, 5) is 15.2. The first-order valence-electron chi connectivity index (χ1n) is 8.96. The van der Waals surface area contributed by atoms with Gasteiger partial charge >= 0.3 is 6.03 Å². The van der Waals surface area contributed by atoms with Gasteiger partial charge < -0.3 is 5.73 Å². The Labute approximate surface area is 165 Å². The zero-order valence-electron chi connectivity index (χ0n) is 15.9. The molecule has 0 aliphatic rings. The number of carbonyl (C=O) groups is 1. The molecule has 2 amide bonds. The van der Waals surface area contributed by atoms with Crippen LogP contribution in [0.15, 0.2) is 41.8 Å². The predicted molar refractivity (Wildman–Crippen MR) is 106 cm³/mol. The minimum Gasteiger partial charge on any atom is -0.350 e. The average Bonchev–Trinajstić information content (AvgIpc) is 3.27. The van der Waals surface area contributed by atoms with Crippen molar-refractivity contribution in [1.82, 2.24) is 29.8 Å². The smallest absolute Gasteiger partial charge is 0.332 e. The summed E-state index contributed by atoms with van der Waals surface area (Å²) >= 11 is 0. The molecule has 0 unspecified atom stereocenters. The number of amides is 2. The second-order valence-electron chi connectivity index (χ2n) is 6.68. The number of benzene rings is 1. The van der Waals surface area contributed by atoms with Crippen LogP contribution in [-0.4, -0.2) is 36.1 Å². The molecule has 148 valence electrons. The van der Waals surface area contributed by atoms with Crippen LogP contribution in [0.1, 0.15) is 23.9 Å². The van der Waals surface area contributed by atoms with Gasteiger partial charge in [0.15, 0.2) is 5.65 Å². The first kappa shape index (κ1) is 18.5. The lowest BCUT2D eigenvalue weighted by Crippen LogP contribution is -2.25. The number of aromatic nitrogens is 5. The van der Waals surface area contributed by atoms with Crippen LogP contribution >= 0.6 is 0 Å². The highest BCUT2D eigenvalue weighted by atomic mass is 19.1. The molecule has 10 heteroatoms. The number of aryl methyl sites for hydroxylation is 3. The van der Waals surface area contributed by atoms with Crippen LogP contribution in [0, 0.1) is 5.82 Å². The maximum absolute atomic E-state index is 14.5. The van der Waals surface area contributed by atoms with E-state index in [2.05, 4.69) is 25.7 Å². The van der Waals surface area contributed by atoms with Crippen LogP contribution in [0.5, 0.6) is 0 Å². The van der Waals surface area contributed by atoms with E-state index in [-0.39, 0.29) is 5.82 Å². The Balaban J connectivity index is 1.60. The van der Waals surface area contributed by atoms with Gasteiger partial charge in [0.2, 0.25) is 0 Å². The van der Waals surface area contributed by atoms with E-state index in [1.165, 1.54) is 6.07 Å². The van der Waals surface area contributed by atoms with Gasteiger partial charge in [0.1, 0.15) is 11.5 Å². The Morgan fingerprint density at radius 1 is 1.28 bits per heavy atom. The highest BCUT2D eigenvalue weighted by Crippen LogP contribution is 2.20. The summed E-state index contributed by atoms with van der Waals surface area (Å²) in [6.07, 6.45) is 4.49. The summed E-state index contributed by atoms with van der Waals surface area (Å²) in [5.41, 5.74) is 11.1. The number of halogens is 1. The lowest BCUT2D eigenvalue weighted by Gasteiger charge is -2.06. The molecule has 29 heavy (non-hydrogen) atoms. The standard InChI is InChI=1S/C19H19FN8O/c1-11(24-25-19(21)29)16-5-6-18-22-10-14(28(18)26-16)4-3-12-7-13-9-23-27(2)17(13)8-15(12)20/h5-10H,3-4H2,1-2H3,(H3,21,25,29)/b24-11+. The SMILES string of the molecule is C/C(=N\NC(N)=O)c1ccc2ncc(CCc3cc4cnn(C)c4cc3F)n2n1. The number of primary amides is 1. The van der Waals surface area contributed by atoms with Gasteiger partial charge in [-0.1, -0.05) is 0 Å². The highest BCUT2D eigenvalue weighted by Gasteiger charge is 2.11. The Kier molecular flexibility index (Phi) is 4.67. The molecule has 0 bridgehead atoms. The van der Waals surface area contributed by atoms with Crippen molar-refractivity contribution in [3.63, 3.8) is 0 Å². The van der Waals surface area contributed by atoms with Gasteiger partial charge in [-0.3, -0.25) is 4.68 Å². The van der Waals surface area contributed by atoms with Gasteiger partial charge in [-0.15, -0.1) is 0 Å². The number of imidazole rings is 1. The predicted octanol–water partition coefficient (Wildman–Crippen LogP) is 1.93. The third-order valence-corrected chi connectivity index (χ3v) is 4.70. The van der Waals surface area contributed by atoms with Crippen molar-refractivity contribution in [3.8, 4) is 0 Å². The van der Waals surface area contributed by atoms with Crippen molar-refractivity contribution in [2.75, 3.05) is 0 Å². The minimum atomic E-state index is -0.749. The van der Waals surface area contributed by atoms with Gasteiger partial charge in [-0.25, -0.2) is 24.1 Å². The van der Waals surface area contributed by atoms with E-state index in [0.717, 1.165) is 16.6 Å². The van der Waals surface area contributed by atoms with Gasteiger partial charge in [-0.2, -0.15) is 15.3 Å². The fourth-order valence-electron chi connectivity index (χ4n) is 3.16. The Morgan fingerprint density at radius 2 is 2.10 bits per heavy atom. The molecule has 0 spiro atoms. The van der Waals surface area contributed by atoms with E-state index in [0.29, 0.717) is 35.5 Å². The lowest BCUT2D eigenvalue weighted by molar-refractivity contribution is 0.249. The molecule has 0 aliphatic heterocycles. The number of rotatable bonds is 5. The first-order chi connectivity index (χ1) is 13.9. The fraction of sp³-hybridized carbons (Fsp3) is 0.211. The number of hydrogen-bond acceptors (Lipinski definition) is 5. The van der Waals surface area contributed by atoms with Crippen LogP contribution in [-0.2, 0) is 19.9 Å². The quantitative estimate of drug-likeness (QED) is 0.397. The summed E-state index contributed by atoms with van der Waals surface area (Å²) in [5, 5.41) is 13.5. The summed E-state index contributed by atoms with van der Waals surface area (Å²) < 4.78 is 17.8. The largest absolute Gasteiger partial charge is 0.350 e. The van der Waals surface area contributed by atoms with Crippen molar-refractivity contribution in [2.45, 2.75) is 19.8 Å². The third-order valence-electron chi connectivity index (χ3n) is 4.70. The lowest BCUT2D eigenvalue weighted by atomic mass is 10.1. The zero-order chi connectivity index (χ0) is 20.5. The Hall–Kier alpha value is -3.82. The Bertz CT molecular complexity index is 1260. The van der Waals surface area contributed by atoms with Crippen molar-refractivity contribution in [3.05, 3.63) is 59.4 Å². The molecule has 4 aromatic rings. The van der Waals surface area contributed by atoms with Crippen LogP contribution in [0.25, 0.3) is 16.6 Å². The maximum Gasteiger partial charge on any atom is 0.332 e. The van der Waals surface area contributed by atoms with Crippen molar-refractivity contribution >= 4 is 28.3 Å². The van der Waals surface area contributed by atoms with Gasteiger partial charge in [-0.05, 0) is 43.5 Å². The minimum absolute atomic E-state index is 0.260. The number of urea groups is 1. The van der Waals surface area contributed by atoms with Crippen molar-refractivity contribution in [1.29, 1.82) is 0 Å². The summed E-state index contributed by atoms with van der Waals surface area (Å²) in [5.74, 6) is -0.260. The molecule has 0 saturated carbocycles. The molecule has 1 aromatic carbocycles. The maximum atomic E-state index is 14.5. The van der Waals surface area contributed by atoms with Gasteiger partial charge in [0.25, 0.3) is 0 Å². The van der Waals surface area contributed by atoms with Crippen LogP contribution in [0.4, 0.5) is 9.18 Å². The number of hydrogen-bond donors (Lipinski definition) is 2. The number of nitrogens with zero attached hydrogens (tertiary/aromatic N) is 6. The van der Waals surface area contributed by atoms with E-state index in [1.807, 2.05) is 6.07 Å². The molecule has 9 nitrogen and oxygen atoms in total. The van der Waals surface area contributed by atoms with E-state index < -0.39 is 6.03 Å². The van der Waals surface area contributed by atoms with Crippen molar-refractivity contribution < 1.29 is 9.18 Å². The molecule has 3 N–H and O–H groups in total. The molecule has 3 aromatic heterocycles. The van der Waals surface area contributed by atoms with Crippen molar-refractivity contribution in [2.24, 2.45) is 17.9 Å². The molecular weight excluding hydrogens is 375 g/mol. The van der Waals surface area contributed by atoms with Gasteiger partial charge in [0.05, 0.1) is 29.3 Å². The molecular formula is C19H19FN8O. The number of nitrogens with one attached hydrogen (secondary N) is 1. The van der Waals surface area contributed by atoms with Crippen LogP contribution in [0.3, 0.4) is 0 Å². The average molecular weight is 394 g/mol. The molecule has 0 saturated heterocycles. The second kappa shape index (κ2) is 7.30. The highest BCUT2D eigenvalue weighted by molar-refractivity contribution is 5.97. The van der Waals surface area contributed by atoms with Crippen LogP contribution < -0.4 is 11.2 Å². The number of carbonyl (C=O) groups excluding carboxylic acids is 1. The molecule has 0 aliphatic carbocycles. The van der Waals surface area contributed by atoms with E-state index in [4.69, 9.17) is 5.73 Å². The fourth-order valence-corrected chi connectivity index (χ4v) is 3.16. The zero-order valence-corrected chi connectivity index (χ0v) is 15.9. The second-order valence-corrected chi connectivity index (χ2v) is 6.68. The molecule has 4 rings (SSSR count). The Morgan fingerprint density at radius 3 is 2.90 bits per heavy atom. The van der Waals surface area contributed by atoms with E-state index >= 15 is 0 Å². The molecule has 0 radical (unpaired) electrons. The summed E-state index contributed by atoms with van der Waals surface area (Å²) in [6.45, 7) is 1.71. The molecule has 3 heterocycles. The number of fused-ring (bicyclic) bond motifs is 2. The van der Waals surface area contributed by atoms with Gasteiger partial charge in [0, 0.05) is 18.5 Å². The normalized spacial score (nSPS) is 12.0. The monoisotopic (exact) mass is 394 g/mol. The molecule has 0 fully saturated rings. The summed E-state index contributed by atoms with van der Waals surface area (Å²) in [6, 6.07) is 6.14. The number of hydrazone groups is 1. The molecule has 0 atom stereocenters. The number of nitrogens with two attached hydrogens (primary N) is 1. The topological polar surface area (TPSA) is 115 Å². The van der Waals surface area contributed by atoms with E-state index in [9.17, 15) is 9.18 Å². The summed E-state index contributed by atoms with van der Waals surface area (Å²) in [7, 11) is 1.79.